The summed E-state index contributed by atoms with van der Waals surface area (Å²) >= 11 is 0. The van der Waals surface area contributed by atoms with Crippen LogP contribution in [0, 0.1) is 23.7 Å². The smallest absolute Gasteiger partial charge is 0.462 e. The van der Waals surface area contributed by atoms with Crippen molar-refractivity contribution in [2.75, 3.05) is 39.6 Å². The molecule has 0 saturated heterocycles. The normalized spacial score (nSPS) is 14.9. The van der Waals surface area contributed by atoms with Gasteiger partial charge in [-0.2, -0.15) is 0 Å². The number of phosphoric ester groups is 2. The van der Waals surface area contributed by atoms with Crippen LogP contribution >= 0.6 is 15.6 Å². The van der Waals surface area contributed by atoms with Crippen LogP contribution in [0.3, 0.4) is 0 Å². The second-order valence-electron chi connectivity index (χ2n) is 23.8. The Balaban J connectivity index is 5.23. The van der Waals surface area contributed by atoms with Crippen molar-refractivity contribution in [3.05, 3.63) is 0 Å². The average molecular weight is 1190 g/mol. The molecular formula is C61H118O17P2. The fraction of sp³-hybridized carbons (Fsp3) is 0.934. The lowest BCUT2D eigenvalue weighted by molar-refractivity contribution is -0.161. The van der Waals surface area contributed by atoms with Crippen molar-refractivity contribution in [3.8, 4) is 0 Å². The molecule has 0 aliphatic carbocycles. The molecule has 0 amide bonds. The van der Waals surface area contributed by atoms with Gasteiger partial charge in [-0.15, -0.1) is 0 Å². The molecule has 17 nitrogen and oxygen atoms in total. The third-order valence-electron chi connectivity index (χ3n) is 14.2. The zero-order chi connectivity index (χ0) is 59.7. The lowest BCUT2D eigenvalue weighted by Crippen LogP contribution is -2.30. The summed E-state index contributed by atoms with van der Waals surface area (Å²) in [7, 11) is -9.88. The molecule has 0 rings (SSSR count). The van der Waals surface area contributed by atoms with Crippen LogP contribution in [0.15, 0.2) is 0 Å². The minimum Gasteiger partial charge on any atom is -0.462 e. The lowest BCUT2D eigenvalue weighted by Gasteiger charge is -2.21. The lowest BCUT2D eigenvalue weighted by atomic mass is 9.99. The number of ether oxygens (including phenoxy) is 4. The Hall–Kier alpha value is -1.94. The molecule has 474 valence electrons. The number of esters is 4. The number of hydrogen-bond acceptors (Lipinski definition) is 15. The van der Waals surface area contributed by atoms with Crippen LogP contribution in [0.2, 0.25) is 0 Å². The first-order valence-electron chi connectivity index (χ1n) is 31.7. The van der Waals surface area contributed by atoms with E-state index in [4.69, 9.17) is 37.0 Å². The summed E-state index contributed by atoms with van der Waals surface area (Å²) in [6, 6.07) is 0. The highest BCUT2D eigenvalue weighted by Gasteiger charge is 2.30. The van der Waals surface area contributed by atoms with Crippen molar-refractivity contribution in [1.29, 1.82) is 0 Å². The molecule has 0 aromatic carbocycles. The van der Waals surface area contributed by atoms with E-state index in [1.807, 2.05) is 0 Å². The molecule has 0 aromatic heterocycles. The predicted octanol–water partition coefficient (Wildman–Crippen LogP) is 16.2. The van der Waals surface area contributed by atoms with E-state index >= 15 is 0 Å². The van der Waals surface area contributed by atoms with E-state index in [1.165, 1.54) is 83.5 Å². The first-order chi connectivity index (χ1) is 38.1. The topological polar surface area (TPSA) is 237 Å². The van der Waals surface area contributed by atoms with Crippen molar-refractivity contribution < 1.29 is 80.2 Å². The van der Waals surface area contributed by atoms with Gasteiger partial charge >= 0.3 is 39.5 Å². The number of aliphatic hydroxyl groups is 1. The molecule has 0 bridgehead atoms. The number of unbranched alkanes of at least 4 members (excludes halogenated alkanes) is 23. The monoisotopic (exact) mass is 1180 g/mol. The SMILES string of the molecule is CCC(C)CCCCCCCCCCC(=O)OC[C@H](COP(=O)(O)OCC(O)COP(=O)(O)OC[C@@H](COC(=O)CCCCCCCCCC(C)C)OC(=O)CCCCCCCCC(C)C)OC(=O)CCCCCCCCC(C)C. The maximum absolute atomic E-state index is 12.9. The molecule has 80 heavy (non-hydrogen) atoms. The largest absolute Gasteiger partial charge is 0.472 e. The molecule has 0 radical (unpaired) electrons. The third-order valence-corrected chi connectivity index (χ3v) is 16.1. The van der Waals surface area contributed by atoms with Crippen LogP contribution in [-0.2, 0) is 65.4 Å². The highest BCUT2D eigenvalue weighted by molar-refractivity contribution is 7.47. The fourth-order valence-corrected chi connectivity index (χ4v) is 10.4. The second kappa shape index (κ2) is 51.5. The number of aliphatic hydroxyl groups excluding tert-OH is 1. The van der Waals surface area contributed by atoms with Gasteiger partial charge in [0.25, 0.3) is 0 Å². The number of hydrogen-bond donors (Lipinski definition) is 3. The highest BCUT2D eigenvalue weighted by atomic mass is 31.2. The van der Waals surface area contributed by atoms with Crippen molar-refractivity contribution in [2.24, 2.45) is 23.7 Å². The van der Waals surface area contributed by atoms with Crippen molar-refractivity contribution >= 4 is 39.5 Å². The van der Waals surface area contributed by atoms with Crippen LogP contribution in [0.5, 0.6) is 0 Å². The summed E-state index contributed by atoms with van der Waals surface area (Å²) in [6.07, 6.45) is 29.7. The number of carbonyl (C=O) groups is 4. The van der Waals surface area contributed by atoms with Crippen molar-refractivity contribution in [3.63, 3.8) is 0 Å². The molecule has 0 saturated carbocycles. The van der Waals surface area contributed by atoms with Crippen LogP contribution in [0.4, 0.5) is 0 Å². The standard InChI is InChI=1S/C61H118O17P2/c1-9-54(8)40-32-24-14-10-11-15-25-33-41-58(63)71-47-56(77-60(65)43-35-27-19-17-22-30-38-52(4)5)49-75-79(67,68)73-45-55(62)46-74-80(69,70)76-50-57(78-61(66)44-36-28-20-18-23-31-39-53(6)7)48-72-59(64)42-34-26-16-12-13-21-29-37-51(2)3/h51-57,62H,9-50H2,1-8H3,(H,67,68)(H,69,70)/t54?,55?,56-,57-/m1/s1. The summed E-state index contributed by atoms with van der Waals surface area (Å²) in [5, 5.41) is 10.5. The Morgan fingerprint density at radius 3 is 0.887 bits per heavy atom. The third kappa shape index (κ3) is 54.0. The van der Waals surface area contributed by atoms with Gasteiger partial charge in [0.05, 0.1) is 26.4 Å². The molecule has 6 atom stereocenters. The summed E-state index contributed by atoms with van der Waals surface area (Å²) in [5.74, 6) is 0.670. The first-order valence-corrected chi connectivity index (χ1v) is 34.7. The van der Waals surface area contributed by atoms with E-state index in [-0.39, 0.29) is 25.7 Å². The number of carbonyl (C=O) groups excluding carboxylic acids is 4. The van der Waals surface area contributed by atoms with Gasteiger partial charge in [0, 0.05) is 25.7 Å². The van der Waals surface area contributed by atoms with Gasteiger partial charge in [-0.25, -0.2) is 9.13 Å². The Labute approximate surface area is 486 Å². The average Bonchev–Trinajstić information content (AvgIpc) is 3.40. The molecule has 0 aliphatic heterocycles. The van der Waals surface area contributed by atoms with E-state index in [0.717, 1.165) is 102 Å². The minimum absolute atomic E-state index is 0.100. The summed E-state index contributed by atoms with van der Waals surface area (Å²) in [4.78, 5) is 72.0. The van der Waals surface area contributed by atoms with Gasteiger partial charge < -0.3 is 33.8 Å². The molecule has 0 aliphatic rings. The van der Waals surface area contributed by atoms with E-state index in [0.29, 0.717) is 43.4 Å². The Morgan fingerprint density at radius 1 is 0.350 bits per heavy atom. The van der Waals surface area contributed by atoms with Gasteiger partial charge in [-0.1, -0.05) is 235 Å². The Kier molecular flexibility index (Phi) is 50.2. The summed E-state index contributed by atoms with van der Waals surface area (Å²) in [6.45, 7) is 13.8. The van der Waals surface area contributed by atoms with Crippen LogP contribution in [0.1, 0.15) is 287 Å². The number of phosphoric acid groups is 2. The number of rotatable bonds is 58. The van der Waals surface area contributed by atoms with Gasteiger partial charge in [0.2, 0.25) is 0 Å². The second-order valence-corrected chi connectivity index (χ2v) is 26.7. The first kappa shape index (κ1) is 78.1. The summed E-state index contributed by atoms with van der Waals surface area (Å²) < 4.78 is 67.8. The molecule has 19 heteroatoms. The molecule has 0 heterocycles. The molecule has 0 aromatic rings. The fourth-order valence-electron chi connectivity index (χ4n) is 8.87. The maximum atomic E-state index is 12.9. The predicted molar refractivity (Wildman–Crippen MR) is 317 cm³/mol. The molecular weight excluding hydrogens is 1070 g/mol. The van der Waals surface area contributed by atoms with Crippen molar-refractivity contribution in [1.82, 2.24) is 0 Å². The van der Waals surface area contributed by atoms with E-state index in [1.54, 1.807) is 0 Å². The maximum Gasteiger partial charge on any atom is 0.472 e. The highest BCUT2D eigenvalue weighted by Crippen LogP contribution is 2.45. The zero-order valence-electron chi connectivity index (χ0n) is 51.7. The van der Waals surface area contributed by atoms with E-state index < -0.39 is 97.5 Å². The molecule has 4 unspecified atom stereocenters. The summed E-state index contributed by atoms with van der Waals surface area (Å²) in [5.41, 5.74) is 0. The molecule has 0 spiro atoms. The zero-order valence-corrected chi connectivity index (χ0v) is 53.5. The van der Waals surface area contributed by atoms with Crippen LogP contribution < -0.4 is 0 Å². The molecule has 3 N–H and O–H groups in total. The van der Waals surface area contributed by atoms with Gasteiger partial charge in [0.15, 0.2) is 12.2 Å². The Bertz CT molecular complexity index is 1610. The molecule has 0 fully saturated rings. The Morgan fingerprint density at radius 2 is 0.600 bits per heavy atom. The van der Waals surface area contributed by atoms with Gasteiger partial charge in [-0.05, 0) is 49.4 Å². The van der Waals surface area contributed by atoms with Gasteiger partial charge in [-0.3, -0.25) is 37.3 Å². The quantitative estimate of drug-likeness (QED) is 0.0222. The van der Waals surface area contributed by atoms with Gasteiger partial charge in [0.1, 0.15) is 19.3 Å². The van der Waals surface area contributed by atoms with E-state index in [9.17, 15) is 43.2 Å². The van der Waals surface area contributed by atoms with Crippen LogP contribution in [-0.4, -0.2) is 96.7 Å². The van der Waals surface area contributed by atoms with E-state index in [2.05, 4.69) is 55.4 Å². The van der Waals surface area contributed by atoms with Crippen molar-refractivity contribution in [2.45, 2.75) is 305 Å². The van der Waals surface area contributed by atoms with Crippen LogP contribution in [0.25, 0.3) is 0 Å². The minimum atomic E-state index is -4.94.